The molecule has 6 rings (SSSR count). The molecule has 9 nitrogen and oxygen atoms in total. The van der Waals surface area contributed by atoms with E-state index in [0.29, 0.717) is 36.8 Å². The molecule has 4 aromatic carbocycles. The number of halogens is 2. The minimum absolute atomic E-state index is 0.421. The van der Waals surface area contributed by atoms with Gasteiger partial charge < -0.3 is 24.8 Å². The predicted octanol–water partition coefficient (Wildman–Crippen LogP) is 7.65. The van der Waals surface area contributed by atoms with Crippen LogP contribution in [0, 0.1) is 0 Å². The van der Waals surface area contributed by atoms with Crippen molar-refractivity contribution in [1.82, 2.24) is 19.8 Å². The van der Waals surface area contributed by atoms with Crippen molar-refractivity contribution in [3.63, 3.8) is 0 Å². The molecule has 0 fully saturated rings. The van der Waals surface area contributed by atoms with Crippen molar-refractivity contribution in [2.24, 2.45) is 0 Å². The summed E-state index contributed by atoms with van der Waals surface area (Å²) in [5, 5.41) is 12.4. The predicted molar refractivity (Wildman–Crippen MR) is 185 cm³/mol. The third-order valence-corrected chi connectivity index (χ3v) is 8.03. The second kappa shape index (κ2) is 13.5. The lowest BCUT2D eigenvalue weighted by Gasteiger charge is -2.23. The van der Waals surface area contributed by atoms with Crippen LogP contribution in [0.1, 0.15) is 0 Å². The highest BCUT2D eigenvalue weighted by atomic mass is 35.5. The van der Waals surface area contributed by atoms with Crippen molar-refractivity contribution in [1.29, 1.82) is 0 Å². The van der Waals surface area contributed by atoms with Crippen LogP contribution >= 0.6 is 23.2 Å². The Kier molecular flexibility index (Phi) is 9.25. The topological polar surface area (TPSA) is 84.0 Å². The summed E-state index contributed by atoms with van der Waals surface area (Å²) >= 11 is 12.6. The highest BCUT2D eigenvalue weighted by Gasteiger charge is 2.14. The Labute approximate surface area is 271 Å². The molecule has 0 spiro atoms. The SMILES string of the molecule is COc1ccc2nc3cc(Cl)ccc3c(NCN(C)COCN(C)CNc3c4ccc(Cl)cc4nc4ccc(OC)cc34)c2c1. The molecule has 2 N–H and O–H groups in total. The van der Waals surface area contributed by atoms with E-state index < -0.39 is 0 Å². The first-order valence-corrected chi connectivity index (χ1v) is 15.1. The Hall–Kier alpha value is -4.12. The monoisotopic (exact) mass is 644 g/mol. The fourth-order valence-electron chi connectivity index (χ4n) is 5.30. The minimum atomic E-state index is 0.421. The molecule has 0 aliphatic heterocycles. The molecule has 0 unspecified atom stereocenters. The molecule has 11 heteroatoms. The summed E-state index contributed by atoms with van der Waals surface area (Å²) in [6.45, 7) is 1.94. The molecule has 0 radical (unpaired) electrons. The highest BCUT2D eigenvalue weighted by molar-refractivity contribution is 6.32. The first kappa shape index (κ1) is 30.9. The Bertz CT molecular complexity index is 1860. The van der Waals surface area contributed by atoms with Gasteiger partial charge in [-0.15, -0.1) is 0 Å². The molecular weight excluding hydrogens is 611 g/mol. The van der Waals surface area contributed by atoms with Crippen molar-refractivity contribution in [3.8, 4) is 11.5 Å². The van der Waals surface area contributed by atoms with E-state index in [1.54, 1.807) is 14.2 Å². The van der Waals surface area contributed by atoms with Crippen LogP contribution in [-0.2, 0) is 4.74 Å². The van der Waals surface area contributed by atoms with Crippen LogP contribution < -0.4 is 20.1 Å². The van der Waals surface area contributed by atoms with Gasteiger partial charge in [-0.05, 0) is 86.9 Å². The third-order valence-electron chi connectivity index (χ3n) is 7.56. The second-order valence-corrected chi connectivity index (χ2v) is 11.8. The van der Waals surface area contributed by atoms with Gasteiger partial charge in [0.05, 0.1) is 61.0 Å². The Morgan fingerprint density at radius 3 is 1.44 bits per heavy atom. The quantitative estimate of drug-likeness (QED) is 0.103. The minimum Gasteiger partial charge on any atom is -0.497 e. The van der Waals surface area contributed by atoms with E-state index in [-0.39, 0.29) is 0 Å². The largest absolute Gasteiger partial charge is 0.497 e. The van der Waals surface area contributed by atoms with E-state index in [4.69, 9.17) is 47.4 Å². The van der Waals surface area contributed by atoms with E-state index in [1.165, 1.54) is 0 Å². The first-order chi connectivity index (χ1) is 21.8. The van der Waals surface area contributed by atoms with Crippen molar-refractivity contribution < 1.29 is 14.2 Å². The lowest BCUT2D eigenvalue weighted by atomic mass is 10.1. The third kappa shape index (κ3) is 6.78. The summed E-state index contributed by atoms with van der Waals surface area (Å²) in [6.07, 6.45) is 0. The van der Waals surface area contributed by atoms with Crippen LogP contribution in [0.2, 0.25) is 10.0 Å². The number of ether oxygens (including phenoxy) is 3. The molecule has 2 heterocycles. The Balaban J connectivity index is 1.10. The highest BCUT2D eigenvalue weighted by Crippen LogP contribution is 2.35. The summed E-state index contributed by atoms with van der Waals surface area (Å²) in [5.74, 6) is 1.54. The van der Waals surface area contributed by atoms with Gasteiger partial charge in [-0.3, -0.25) is 9.80 Å². The summed E-state index contributed by atoms with van der Waals surface area (Å²) < 4.78 is 17.0. The zero-order valence-corrected chi connectivity index (χ0v) is 27.0. The zero-order valence-electron chi connectivity index (χ0n) is 25.5. The zero-order chi connectivity index (χ0) is 31.5. The van der Waals surface area contributed by atoms with Gasteiger partial charge in [0.1, 0.15) is 25.0 Å². The van der Waals surface area contributed by atoms with Crippen LogP contribution in [0.15, 0.2) is 72.8 Å². The molecule has 0 bridgehead atoms. The number of fused-ring (bicyclic) bond motifs is 4. The number of methoxy groups -OCH3 is 2. The van der Waals surface area contributed by atoms with E-state index in [0.717, 1.165) is 66.5 Å². The molecule has 0 aliphatic carbocycles. The van der Waals surface area contributed by atoms with Gasteiger partial charge in [-0.2, -0.15) is 0 Å². The molecule has 0 saturated heterocycles. The molecule has 0 amide bonds. The average molecular weight is 646 g/mol. The van der Waals surface area contributed by atoms with E-state index in [9.17, 15) is 0 Å². The van der Waals surface area contributed by atoms with Gasteiger partial charge >= 0.3 is 0 Å². The van der Waals surface area contributed by atoms with Crippen LogP contribution in [-0.4, -0.2) is 74.9 Å². The normalized spacial score (nSPS) is 11.7. The molecule has 0 aliphatic rings. The number of benzene rings is 4. The lowest BCUT2D eigenvalue weighted by molar-refractivity contribution is -0.00861. The van der Waals surface area contributed by atoms with Crippen molar-refractivity contribution in [2.75, 3.05) is 65.7 Å². The van der Waals surface area contributed by atoms with Gasteiger partial charge in [-0.25, -0.2) is 9.97 Å². The molecule has 45 heavy (non-hydrogen) atoms. The number of pyridine rings is 2. The fourth-order valence-corrected chi connectivity index (χ4v) is 5.63. The van der Waals surface area contributed by atoms with Crippen LogP contribution in [0.4, 0.5) is 11.4 Å². The van der Waals surface area contributed by atoms with Crippen LogP contribution in [0.25, 0.3) is 43.6 Å². The van der Waals surface area contributed by atoms with Gasteiger partial charge in [-0.1, -0.05) is 23.2 Å². The standard InChI is InChI=1S/C34H34Cl2N6O3/c1-41(17-37-33-25-9-5-21(35)13-31(25)39-29-11-7-23(43-3)15-27(29)33)19-45-20-42(2)18-38-34-26-10-6-22(36)14-32(26)40-30-12-8-24(44-4)16-28(30)34/h5-16H,17-20H2,1-4H3,(H,37,39)(H,38,40). The fraction of sp³-hybridized carbons (Fsp3) is 0.235. The number of anilines is 2. The summed E-state index contributed by atoms with van der Waals surface area (Å²) in [6, 6.07) is 23.2. The molecule has 0 saturated carbocycles. The number of hydrogen-bond acceptors (Lipinski definition) is 9. The first-order valence-electron chi connectivity index (χ1n) is 14.4. The molecule has 2 aromatic heterocycles. The molecular formula is C34H34Cl2N6O3. The number of hydrogen-bond donors (Lipinski definition) is 2. The van der Waals surface area contributed by atoms with E-state index in [1.807, 2.05) is 86.9 Å². The second-order valence-electron chi connectivity index (χ2n) is 10.9. The summed E-state index contributed by atoms with van der Waals surface area (Å²) in [4.78, 5) is 13.8. The van der Waals surface area contributed by atoms with Gasteiger partial charge in [0.15, 0.2) is 0 Å². The molecule has 232 valence electrons. The maximum Gasteiger partial charge on any atom is 0.119 e. The van der Waals surface area contributed by atoms with Crippen molar-refractivity contribution >= 4 is 78.2 Å². The molecule has 6 aromatic rings. The Morgan fingerprint density at radius 2 is 1.02 bits per heavy atom. The van der Waals surface area contributed by atoms with Gasteiger partial charge in [0.2, 0.25) is 0 Å². The van der Waals surface area contributed by atoms with E-state index in [2.05, 4.69) is 20.4 Å². The Morgan fingerprint density at radius 1 is 0.578 bits per heavy atom. The van der Waals surface area contributed by atoms with Gasteiger partial charge in [0.25, 0.3) is 0 Å². The van der Waals surface area contributed by atoms with Crippen molar-refractivity contribution in [3.05, 3.63) is 82.8 Å². The molecule has 0 atom stereocenters. The van der Waals surface area contributed by atoms with Crippen LogP contribution in [0.5, 0.6) is 11.5 Å². The number of nitrogens with zero attached hydrogens (tertiary/aromatic N) is 4. The van der Waals surface area contributed by atoms with Crippen LogP contribution in [0.3, 0.4) is 0 Å². The maximum atomic E-state index is 6.28. The summed E-state index contributed by atoms with van der Waals surface area (Å²) in [7, 11) is 7.33. The lowest BCUT2D eigenvalue weighted by Crippen LogP contribution is -2.33. The smallest absolute Gasteiger partial charge is 0.119 e. The number of rotatable bonds is 12. The number of aromatic nitrogens is 2. The average Bonchev–Trinajstić information content (AvgIpc) is 3.04. The van der Waals surface area contributed by atoms with Gasteiger partial charge in [0, 0.05) is 31.6 Å². The van der Waals surface area contributed by atoms with Crippen molar-refractivity contribution in [2.45, 2.75) is 0 Å². The summed E-state index contributed by atoms with van der Waals surface area (Å²) in [5.41, 5.74) is 5.30. The maximum absolute atomic E-state index is 6.28. The number of nitrogens with one attached hydrogen (secondary N) is 2. The van der Waals surface area contributed by atoms with E-state index >= 15 is 0 Å².